The Morgan fingerprint density at radius 3 is 2.76 bits per heavy atom. The molecule has 0 radical (unpaired) electrons. The molecule has 33 heavy (non-hydrogen) atoms. The summed E-state index contributed by atoms with van der Waals surface area (Å²) in [6, 6.07) is 17.9. The van der Waals surface area contributed by atoms with Crippen molar-refractivity contribution in [2.45, 2.75) is 25.5 Å². The third-order valence-corrected chi connectivity index (χ3v) is 6.83. The molecular formula is C24H21N5O2S2. The summed E-state index contributed by atoms with van der Waals surface area (Å²) in [5, 5.41) is 15.7. The molecule has 0 aliphatic rings. The van der Waals surface area contributed by atoms with Gasteiger partial charge < -0.3 is 9.73 Å². The number of thiazole rings is 1. The standard InChI is InChI=1S/C24H21N5O2S2/c1-3-29-22(20-12-17-6-4-5-7-19(17)31-20)27-28-24(29)33-14-21(30)26-23-25-18(13-32-23)16-10-8-15(2)9-11-16/h4-13H,3,14H2,1-2H3,(H,25,26,30). The van der Waals surface area contributed by atoms with Crippen LogP contribution in [0.15, 0.2) is 69.6 Å². The number of aryl methyl sites for hydroxylation is 1. The van der Waals surface area contributed by atoms with E-state index in [1.54, 1.807) is 0 Å². The second-order valence-corrected chi connectivity index (χ2v) is 9.24. The first-order valence-corrected chi connectivity index (χ1v) is 12.3. The van der Waals surface area contributed by atoms with Gasteiger partial charge in [0.15, 0.2) is 16.0 Å². The van der Waals surface area contributed by atoms with Crippen molar-refractivity contribution in [2.24, 2.45) is 0 Å². The number of hydrogen-bond acceptors (Lipinski definition) is 7. The summed E-state index contributed by atoms with van der Waals surface area (Å²) in [6.07, 6.45) is 0. The number of hydrogen-bond donors (Lipinski definition) is 1. The Labute approximate surface area is 198 Å². The molecule has 0 saturated carbocycles. The number of furan rings is 1. The molecule has 7 nitrogen and oxygen atoms in total. The zero-order chi connectivity index (χ0) is 22.8. The van der Waals surface area contributed by atoms with Gasteiger partial charge in [0, 0.05) is 22.9 Å². The van der Waals surface area contributed by atoms with Gasteiger partial charge in [0.05, 0.1) is 11.4 Å². The molecule has 3 aromatic heterocycles. The lowest BCUT2D eigenvalue weighted by molar-refractivity contribution is -0.113. The smallest absolute Gasteiger partial charge is 0.236 e. The molecule has 0 saturated heterocycles. The Morgan fingerprint density at radius 2 is 1.97 bits per heavy atom. The molecule has 1 N–H and O–H groups in total. The molecule has 1 amide bonds. The van der Waals surface area contributed by atoms with E-state index in [2.05, 4.69) is 20.5 Å². The lowest BCUT2D eigenvalue weighted by Gasteiger charge is -2.05. The van der Waals surface area contributed by atoms with Crippen LogP contribution in [0.3, 0.4) is 0 Å². The highest BCUT2D eigenvalue weighted by Crippen LogP contribution is 2.30. The molecule has 3 heterocycles. The minimum absolute atomic E-state index is 0.138. The maximum absolute atomic E-state index is 12.5. The molecule has 5 rings (SSSR count). The van der Waals surface area contributed by atoms with Gasteiger partial charge in [-0.15, -0.1) is 21.5 Å². The van der Waals surface area contributed by atoms with Gasteiger partial charge in [-0.05, 0) is 26.0 Å². The molecular weight excluding hydrogens is 454 g/mol. The number of aromatic nitrogens is 4. The maximum atomic E-state index is 12.5. The second kappa shape index (κ2) is 9.21. The molecule has 9 heteroatoms. The Morgan fingerprint density at radius 1 is 1.15 bits per heavy atom. The molecule has 0 aliphatic heterocycles. The van der Waals surface area contributed by atoms with Crippen LogP contribution >= 0.6 is 23.1 Å². The number of thioether (sulfide) groups is 1. The van der Waals surface area contributed by atoms with E-state index in [0.29, 0.717) is 28.4 Å². The molecule has 166 valence electrons. The van der Waals surface area contributed by atoms with Gasteiger partial charge in [0.25, 0.3) is 0 Å². The number of rotatable bonds is 7. The summed E-state index contributed by atoms with van der Waals surface area (Å²) < 4.78 is 7.89. The number of nitrogens with zero attached hydrogens (tertiary/aromatic N) is 4. The Balaban J connectivity index is 1.25. The van der Waals surface area contributed by atoms with E-state index < -0.39 is 0 Å². The third-order valence-electron chi connectivity index (χ3n) is 5.11. The monoisotopic (exact) mass is 475 g/mol. The van der Waals surface area contributed by atoms with Crippen molar-refractivity contribution in [3.8, 4) is 22.8 Å². The number of fused-ring (bicyclic) bond motifs is 1. The van der Waals surface area contributed by atoms with Crippen LogP contribution in [0.2, 0.25) is 0 Å². The fourth-order valence-electron chi connectivity index (χ4n) is 3.43. The topological polar surface area (TPSA) is 85.8 Å². The average molecular weight is 476 g/mol. The summed E-state index contributed by atoms with van der Waals surface area (Å²) in [5.41, 5.74) is 3.88. The van der Waals surface area contributed by atoms with Crippen molar-refractivity contribution in [1.82, 2.24) is 19.7 Å². The summed E-state index contributed by atoms with van der Waals surface area (Å²) in [4.78, 5) is 17.1. The van der Waals surface area contributed by atoms with E-state index >= 15 is 0 Å². The Hall–Kier alpha value is -3.43. The van der Waals surface area contributed by atoms with E-state index in [0.717, 1.165) is 22.2 Å². The van der Waals surface area contributed by atoms with Gasteiger partial charge in [-0.2, -0.15) is 0 Å². The van der Waals surface area contributed by atoms with Crippen molar-refractivity contribution >= 4 is 45.1 Å². The molecule has 0 bridgehead atoms. The number of anilines is 1. The van der Waals surface area contributed by atoms with E-state index in [-0.39, 0.29) is 11.7 Å². The molecule has 2 aromatic carbocycles. The first-order chi connectivity index (χ1) is 16.1. The van der Waals surface area contributed by atoms with Crippen LogP contribution in [0.5, 0.6) is 0 Å². The third kappa shape index (κ3) is 4.55. The largest absolute Gasteiger partial charge is 0.453 e. The highest BCUT2D eigenvalue weighted by molar-refractivity contribution is 7.99. The zero-order valence-corrected chi connectivity index (χ0v) is 19.7. The Kier molecular flexibility index (Phi) is 5.97. The van der Waals surface area contributed by atoms with E-state index in [1.165, 1.54) is 28.7 Å². The van der Waals surface area contributed by atoms with Gasteiger partial charge in [-0.1, -0.05) is 59.8 Å². The van der Waals surface area contributed by atoms with Crippen molar-refractivity contribution in [2.75, 3.05) is 11.1 Å². The number of amides is 1. The van der Waals surface area contributed by atoms with Crippen LogP contribution in [0.4, 0.5) is 5.13 Å². The highest BCUT2D eigenvalue weighted by atomic mass is 32.2. The van der Waals surface area contributed by atoms with Crippen molar-refractivity contribution in [3.63, 3.8) is 0 Å². The zero-order valence-electron chi connectivity index (χ0n) is 18.1. The van der Waals surface area contributed by atoms with Gasteiger partial charge in [0.2, 0.25) is 11.7 Å². The summed E-state index contributed by atoms with van der Waals surface area (Å²) in [5.74, 6) is 1.38. The Bertz CT molecular complexity index is 1390. The van der Waals surface area contributed by atoms with Gasteiger partial charge in [-0.25, -0.2) is 4.98 Å². The lowest BCUT2D eigenvalue weighted by atomic mass is 10.1. The number of benzene rings is 2. The lowest BCUT2D eigenvalue weighted by Crippen LogP contribution is -2.14. The molecule has 0 unspecified atom stereocenters. The van der Waals surface area contributed by atoms with Crippen molar-refractivity contribution < 1.29 is 9.21 Å². The number of nitrogens with one attached hydrogen (secondary N) is 1. The number of carbonyl (C=O) groups is 1. The van der Waals surface area contributed by atoms with Gasteiger partial charge in [0.1, 0.15) is 5.58 Å². The predicted molar refractivity (Wildman–Crippen MR) is 133 cm³/mol. The van der Waals surface area contributed by atoms with Crippen LogP contribution < -0.4 is 5.32 Å². The fraction of sp³-hybridized carbons (Fsp3) is 0.167. The maximum Gasteiger partial charge on any atom is 0.236 e. The highest BCUT2D eigenvalue weighted by Gasteiger charge is 2.18. The summed E-state index contributed by atoms with van der Waals surface area (Å²) in [7, 11) is 0. The fourth-order valence-corrected chi connectivity index (χ4v) is 4.97. The van der Waals surface area contributed by atoms with Crippen LogP contribution in [0, 0.1) is 6.92 Å². The molecule has 0 aliphatic carbocycles. The van der Waals surface area contributed by atoms with Gasteiger partial charge >= 0.3 is 0 Å². The minimum atomic E-state index is -0.138. The molecule has 0 spiro atoms. The van der Waals surface area contributed by atoms with E-state index in [1.807, 2.05) is 78.4 Å². The predicted octanol–water partition coefficient (Wildman–Crippen LogP) is 5.87. The summed E-state index contributed by atoms with van der Waals surface area (Å²) in [6.45, 7) is 4.73. The molecule has 0 fully saturated rings. The molecule has 5 aromatic rings. The normalized spacial score (nSPS) is 11.2. The van der Waals surface area contributed by atoms with E-state index in [9.17, 15) is 4.79 Å². The number of para-hydroxylation sites is 1. The van der Waals surface area contributed by atoms with Crippen molar-refractivity contribution in [3.05, 3.63) is 65.5 Å². The van der Waals surface area contributed by atoms with E-state index in [4.69, 9.17) is 4.42 Å². The van der Waals surface area contributed by atoms with Crippen LogP contribution in [0.25, 0.3) is 33.8 Å². The van der Waals surface area contributed by atoms with Crippen LogP contribution in [0.1, 0.15) is 12.5 Å². The number of carbonyl (C=O) groups excluding carboxylic acids is 1. The van der Waals surface area contributed by atoms with Crippen molar-refractivity contribution in [1.29, 1.82) is 0 Å². The second-order valence-electron chi connectivity index (χ2n) is 7.44. The van der Waals surface area contributed by atoms with Gasteiger partial charge in [-0.3, -0.25) is 9.36 Å². The van der Waals surface area contributed by atoms with Crippen LogP contribution in [-0.4, -0.2) is 31.4 Å². The minimum Gasteiger partial charge on any atom is -0.453 e. The first-order valence-electron chi connectivity index (χ1n) is 10.5. The summed E-state index contributed by atoms with van der Waals surface area (Å²) >= 11 is 2.75. The van der Waals surface area contributed by atoms with Crippen LogP contribution in [-0.2, 0) is 11.3 Å². The first kappa shape index (κ1) is 21.4. The quantitative estimate of drug-likeness (QED) is 0.296. The average Bonchev–Trinajstić information content (AvgIpc) is 3.55. The SMILES string of the molecule is CCn1c(SCC(=O)Nc2nc(-c3ccc(C)cc3)cs2)nnc1-c1cc2ccccc2o1. The molecule has 0 atom stereocenters.